The van der Waals surface area contributed by atoms with Crippen molar-refractivity contribution in [3.8, 4) is 0 Å². The first kappa shape index (κ1) is 15.8. The Morgan fingerprint density at radius 1 is 1.43 bits per heavy atom. The number of carbonyl (C=O) groups excluding carboxylic acids is 2. The van der Waals surface area contributed by atoms with E-state index in [4.69, 9.17) is 0 Å². The van der Waals surface area contributed by atoms with Gasteiger partial charge in [-0.05, 0) is 30.2 Å². The van der Waals surface area contributed by atoms with Crippen molar-refractivity contribution in [3.63, 3.8) is 0 Å². The lowest BCUT2D eigenvalue weighted by Crippen LogP contribution is -2.47. The molecule has 23 heavy (non-hydrogen) atoms. The summed E-state index contributed by atoms with van der Waals surface area (Å²) in [6.45, 7) is -0.485. The third kappa shape index (κ3) is 2.46. The van der Waals surface area contributed by atoms with Crippen LogP contribution in [0.25, 0.3) is 0 Å². The quantitative estimate of drug-likeness (QED) is 0.617. The molecule has 1 saturated carbocycles. The molecule has 0 radical (unpaired) electrons. The summed E-state index contributed by atoms with van der Waals surface area (Å²) in [7, 11) is 1.16. The maximum Gasteiger partial charge on any atom is 0.416 e. The molecular formula is C15H13F4NO3. The Hall–Kier alpha value is -2.12. The van der Waals surface area contributed by atoms with Crippen LogP contribution in [0.15, 0.2) is 18.2 Å². The molecule has 2 aliphatic rings. The number of fused-ring (bicyclic) bond motifs is 2. The number of halogens is 4. The third-order valence-electron chi connectivity index (χ3n) is 4.40. The van der Waals surface area contributed by atoms with E-state index in [2.05, 4.69) is 4.74 Å². The van der Waals surface area contributed by atoms with Gasteiger partial charge in [-0.15, -0.1) is 0 Å². The fraction of sp³-hybridized carbons (Fsp3) is 0.467. The highest BCUT2D eigenvalue weighted by atomic mass is 19.4. The van der Waals surface area contributed by atoms with Gasteiger partial charge < -0.3 is 9.64 Å². The van der Waals surface area contributed by atoms with Crippen LogP contribution in [-0.2, 0) is 21.1 Å². The topological polar surface area (TPSA) is 46.6 Å². The van der Waals surface area contributed by atoms with E-state index in [0.717, 1.165) is 30.2 Å². The summed E-state index contributed by atoms with van der Waals surface area (Å²) in [4.78, 5) is 24.9. The van der Waals surface area contributed by atoms with Crippen LogP contribution in [0.4, 0.5) is 17.6 Å². The Kier molecular flexibility index (Phi) is 3.38. The second kappa shape index (κ2) is 4.94. The van der Waals surface area contributed by atoms with Crippen LogP contribution >= 0.6 is 0 Å². The summed E-state index contributed by atoms with van der Waals surface area (Å²) in [6.07, 6.45) is -5.87. The Morgan fingerprint density at radius 3 is 2.61 bits per heavy atom. The number of hydrogen-bond donors (Lipinski definition) is 0. The summed E-state index contributed by atoms with van der Waals surface area (Å²) >= 11 is 0. The summed E-state index contributed by atoms with van der Waals surface area (Å²) in [5.74, 6) is -1.26. The van der Waals surface area contributed by atoms with Crippen molar-refractivity contribution in [1.29, 1.82) is 0 Å². The zero-order valence-electron chi connectivity index (χ0n) is 12.1. The molecular weight excluding hydrogens is 318 g/mol. The van der Waals surface area contributed by atoms with Crippen molar-refractivity contribution < 1.29 is 31.9 Å². The molecule has 1 aliphatic heterocycles. The second-order valence-corrected chi connectivity index (χ2v) is 5.82. The van der Waals surface area contributed by atoms with Gasteiger partial charge in [0.15, 0.2) is 0 Å². The molecule has 0 N–H and O–H groups in total. The predicted molar refractivity (Wildman–Crippen MR) is 70.6 cm³/mol. The maximum absolute atomic E-state index is 13.9. The van der Waals surface area contributed by atoms with Crippen molar-refractivity contribution in [1.82, 2.24) is 4.90 Å². The highest BCUT2D eigenvalue weighted by Gasteiger charge is 2.61. The van der Waals surface area contributed by atoms with Gasteiger partial charge in [0.05, 0.1) is 12.7 Å². The molecule has 1 aromatic carbocycles. The minimum absolute atomic E-state index is 0.00769. The molecule has 4 nitrogen and oxygen atoms in total. The van der Waals surface area contributed by atoms with E-state index in [1.807, 2.05) is 0 Å². The predicted octanol–water partition coefficient (Wildman–Crippen LogP) is 2.31. The van der Waals surface area contributed by atoms with E-state index in [1.54, 1.807) is 0 Å². The molecule has 1 aliphatic carbocycles. The van der Waals surface area contributed by atoms with Gasteiger partial charge in [-0.2, -0.15) is 13.2 Å². The number of methoxy groups -OCH3 is 1. The van der Waals surface area contributed by atoms with E-state index in [0.29, 0.717) is 0 Å². The molecule has 3 rings (SSSR count). The van der Waals surface area contributed by atoms with Gasteiger partial charge in [0.2, 0.25) is 0 Å². The first-order valence-corrected chi connectivity index (χ1v) is 6.91. The van der Waals surface area contributed by atoms with Gasteiger partial charge in [0.1, 0.15) is 12.7 Å². The van der Waals surface area contributed by atoms with Gasteiger partial charge in [-0.3, -0.25) is 9.59 Å². The number of hydrogen-bond acceptors (Lipinski definition) is 3. The summed E-state index contributed by atoms with van der Waals surface area (Å²) in [6, 6.07) is 2.70. The molecule has 124 valence electrons. The lowest BCUT2D eigenvalue weighted by molar-refractivity contribution is -0.141. The van der Waals surface area contributed by atoms with Gasteiger partial charge in [0, 0.05) is 17.5 Å². The van der Waals surface area contributed by atoms with Crippen LogP contribution in [0.5, 0.6) is 0 Å². The van der Waals surface area contributed by atoms with E-state index in [1.165, 1.54) is 0 Å². The number of amides is 1. The third-order valence-corrected chi connectivity index (χ3v) is 4.40. The smallest absolute Gasteiger partial charge is 0.416 e. The Bertz CT molecular complexity index is 688. The van der Waals surface area contributed by atoms with Crippen molar-refractivity contribution in [2.75, 3.05) is 20.2 Å². The molecule has 2 atom stereocenters. The fourth-order valence-electron chi connectivity index (χ4n) is 3.04. The highest BCUT2D eigenvalue weighted by molar-refractivity contribution is 5.99. The average Bonchev–Trinajstić information content (AvgIpc) is 3.13. The lowest BCUT2D eigenvalue weighted by atomic mass is 9.85. The highest BCUT2D eigenvalue weighted by Crippen LogP contribution is 2.55. The van der Waals surface area contributed by atoms with E-state index < -0.39 is 35.2 Å². The van der Waals surface area contributed by atoms with Crippen LogP contribution in [0.3, 0.4) is 0 Å². The maximum atomic E-state index is 13.9. The van der Waals surface area contributed by atoms with Crippen LogP contribution in [0, 0.1) is 0 Å². The Labute approximate surface area is 129 Å². The average molecular weight is 331 g/mol. The van der Waals surface area contributed by atoms with E-state index in [9.17, 15) is 27.2 Å². The SMILES string of the molecule is COC(=O)CN1C[C@@]2(CC2F)c2cc(C(F)(F)F)ccc2C1=O. The molecule has 1 spiro atoms. The fourth-order valence-corrected chi connectivity index (χ4v) is 3.04. The van der Waals surface area contributed by atoms with Gasteiger partial charge in [0.25, 0.3) is 5.91 Å². The number of ether oxygens (including phenoxy) is 1. The molecule has 1 fully saturated rings. The number of nitrogens with zero attached hydrogens (tertiary/aromatic N) is 1. The summed E-state index contributed by atoms with van der Waals surface area (Å²) in [5, 5.41) is 0. The Morgan fingerprint density at radius 2 is 2.09 bits per heavy atom. The largest absolute Gasteiger partial charge is 0.468 e. The van der Waals surface area contributed by atoms with Crippen molar-refractivity contribution >= 4 is 11.9 Å². The molecule has 0 aromatic heterocycles. The zero-order valence-corrected chi connectivity index (χ0v) is 12.1. The number of esters is 1. The molecule has 1 amide bonds. The van der Waals surface area contributed by atoms with Crippen LogP contribution < -0.4 is 0 Å². The minimum Gasteiger partial charge on any atom is -0.468 e. The number of carbonyl (C=O) groups is 2. The van der Waals surface area contributed by atoms with Crippen molar-refractivity contribution in [2.24, 2.45) is 0 Å². The molecule has 1 unspecified atom stereocenters. The molecule has 0 bridgehead atoms. The Balaban J connectivity index is 2.03. The standard InChI is InChI=1S/C15H13F4NO3/c1-23-12(21)6-20-7-14(5-11(14)16)10-4-8(15(17,18)19)2-3-9(10)13(20)22/h2-4,11H,5-7H2,1H3/t11?,14-/m0/s1. The van der Waals surface area contributed by atoms with Gasteiger partial charge in [-0.1, -0.05) is 0 Å². The van der Waals surface area contributed by atoms with Gasteiger partial charge >= 0.3 is 12.1 Å². The van der Waals surface area contributed by atoms with Crippen molar-refractivity contribution in [3.05, 3.63) is 34.9 Å². The van der Waals surface area contributed by atoms with Gasteiger partial charge in [-0.25, -0.2) is 4.39 Å². The molecule has 0 saturated heterocycles. The second-order valence-electron chi connectivity index (χ2n) is 5.82. The number of alkyl halides is 4. The van der Waals surface area contributed by atoms with Crippen molar-refractivity contribution in [2.45, 2.75) is 24.2 Å². The first-order valence-electron chi connectivity index (χ1n) is 6.91. The monoisotopic (exact) mass is 331 g/mol. The normalized spacial score (nSPS) is 26.2. The van der Waals surface area contributed by atoms with Crippen LogP contribution in [0.2, 0.25) is 0 Å². The lowest BCUT2D eigenvalue weighted by Gasteiger charge is -2.34. The molecule has 8 heteroatoms. The van der Waals surface area contributed by atoms with E-state index in [-0.39, 0.29) is 30.6 Å². The zero-order chi connectivity index (χ0) is 17.0. The molecule has 1 aromatic rings. The van der Waals surface area contributed by atoms with E-state index >= 15 is 0 Å². The summed E-state index contributed by atoms with van der Waals surface area (Å²) < 4.78 is 57.0. The summed E-state index contributed by atoms with van der Waals surface area (Å²) in [5.41, 5.74) is -1.98. The van der Waals surface area contributed by atoms with Crippen LogP contribution in [0.1, 0.15) is 27.9 Å². The molecule has 1 heterocycles. The number of rotatable bonds is 2. The van der Waals surface area contributed by atoms with Crippen LogP contribution in [-0.4, -0.2) is 43.1 Å². The first-order chi connectivity index (χ1) is 10.7. The number of benzene rings is 1. The minimum atomic E-state index is -4.57.